The summed E-state index contributed by atoms with van der Waals surface area (Å²) in [7, 11) is 1.87. The number of nitrogens with zero attached hydrogens (tertiary/aromatic N) is 3. The number of amides is 3. The summed E-state index contributed by atoms with van der Waals surface area (Å²) in [6, 6.07) is 9.56. The van der Waals surface area contributed by atoms with E-state index in [1.165, 1.54) is 11.8 Å². The van der Waals surface area contributed by atoms with E-state index in [1.54, 1.807) is 0 Å². The summed E-state index contributed by atoms with van der Waals surface area (Å²) in [6.45, 7) is 3.84. The third kappa shape index (κ3) is 5.90. The predicted octanol–water partition coefficient (Wildman–Crippen LogP) is 2.12. The Bertz CT molecular complexity index is 717. The van der Waals surface area contributed by atoms with Crippen LogP contribution in [0.3, 0.4) is 0 Å². The van der Waals surface area contributed by atoms with Crippen LogP contribution in [-0.2, 0) is 18.3 Å². The van der Waals surface area contributed by atoms with E-state index in [2.05, 4.69) is 20.8 Å². The molecule has 2 aromatic rings. The summed E-state index contributed by atoms with van der Waals surface area (Å²) >= 11 is 1.25. The second-order valence-corrected chi connectivity index (χ2v) is 6.68. The molecule has 8 heteroatoms. The molecule has 0 radical (unpaired) electrons. The fraction of sp³-hybridized carbons (Fsp3) is 0.412. The van der Waals surface area contributed by atoms with Crippen LogP contribution in [-0.4, -0.2) is 38.5 Å². The fourth-order valence-electron chi connectivity index (χ4n) is 2.06. The van der Waals surface area contributed by atoms with Crippen molar-refractivity contribution in [3.63, 3.8) is 0 Å². The van der Waals surface area contributed by atoms with E-state index in [9.17, 15) is 9.59 Å². The molecule has 0 aliphatic heterocycles. The number of thioether (sulfide) groups is 1. The zero-order valence-electron chi connectivity index (χ0n) is 14.7. The van der Waals surface area contributed by atoms with Gasteiger partial charge in [-0.1, -0.05) is 49.0 Å². The molecule has 1 heterocycles. The molecule has 0 aliphatic rings. The maximum absolute atomic E-state index is 11.9. The lowest BCUT2D eigenvalue weighted by Crippen LogP contribution is -2.43. The number of carbonyl (C=O) groups is 2. The molecule has 0 saturated heterocycles. The minimum Gasteiger partial charge on any atom is -0.335 e. The minimum atomic E-state index is -0.470. The molecule has 0 saturated carbocycles. The Morgan fingerprint density at radius 2 is 1.96 bits per heavy atom. The quantitative estimate of drug-likeness (QED) is 0.738. The van der Waals surface area contributed by atoms with Crippen LogP contribution < -0.4 is 10.6 Å². The molecule has 0 unspecified atom stereocenters. The number of hydrogen-bond acceptors (Lipinski definition) is 5. The largest absolute Gasteiger partial charge is 0.335 e. The second-order valence-electron chi connectivity index (χ2n) is 5.74. The highest BCUT2D eigenvalue weighted by molar-refractivity contribution is 7.99. The number of nitrogens with one attached hydrogen (secondary N) is 2. The number of aromatic nitrogens is 3. The molecule has 7 nitrogen and oxygen atoms in total. The summed E-state index contributed by atoms with van der Waals surface area (Å²) in [4.78, 5) is 23.5. The molecule has 25 heavy (non-hydrogen) atoms. The second kappa shape index (κ2) is 9.22. The molecule has 1 aromatic heterocycles. The lowest BCUT2D eigenvalue weighted by molar-refractivity contribution is -0.117. The third-order valence-corrected chi connectivity index (χ3v) is 4.73. The number of carbonyl (C=O) groups excluding carboxylic acids is 2. The van der Waals surface area contributed by atoms with Gasteiger partial charge in [0.15, 0.2) is 5.16 Å². The highest BCUT2D eigenvalue weighted by Gasteiger charge is 2.14. The van der Waals surface area contributed by atoms with Crippen LogP contribution >= 0.6 is 11.8 Å². The van der Waals surface area contributed by atoms with Gasteiger partial charge in [0.05, 0.1) is 5.75 Å². The van der Waals surface area contributed by atoms with Gasteiger partial charge in [-0.2, -0.15) is 0 Å². The molecular weight excluding hydrogens is 338 g/mol. The van der Waals surface area contributed by atoms with Crippen molar-refractivity contribution in [2.24, 2.45) is 7.05 Å². The van der Waals surface area contributed by atoms with Crippen molar-refractivity contribution in [3.05, 3.63) is 41.7 Å². The monoisotopic (exact) mass is 361 g/mol. The van der Waals surface area contributed by atoms with E-state index in [0.717, 1.165) is 17.8 Å². The Labute approximate surface area is 151 Å². The van der Waals surface area contributed by atoms with Gasteiger partial charge in [-0.25, -0.2) is 4.79 Å². The topological polar surface area (TPSA) is 88.9 Å². The predicted molar refractivity (Wildman–Crippen MR) is 97.4 cm³/mol. The molecule has 1 atom stereocenters. The number of rotatable bonds is 7. The Morgan fingerprint density at radius 1 is 1.24 bits per heavy atom. The third-order valence-electron chi connectivity index (χ3n) is 3.71. The first-order chi connectivity index (χ1) is 12.0. The number of imide groups is 1. The van der Waals surface area contributed by atoms with E-state index < -0.39 is 6.03 Å². The van der Waals surface area contributed by atoms with E-state index in [-0.39, 0.29) is 17.7 Å². The summed E-state index contributed by atoms with van der Waals surface area (Å²) < 4.78 is 1.87. The van der Waals surface area contributed by atoms with Crippen molar-refractivity contribution in [1.29, 1.82) is 0 Å². The maximum Gasteiger partial charge on any atom is 0.321 e. The fourth-order valence-corrected chi connectivity index (χ4v) is 2.79. The maximum atomic E-state index is 11.9. The Balaban J connectivity index is 1.85. The average molecular weight is 361 g/mol. The standard InChI is InChI=1S/C17H23N5O2S/c1-4-12(2)18-16(24)19-15(23)11-25-17-21-20-14(22(17)3)10-13-8-6-5-7-9-13/h5-9,12H,4,10-11H2,1-3H3,(H2,18,19,23,24)/t12-/m0/s1. The van der Waals surface area contributed by atoms with Crippen molar-refractivity contribution in [3.8, 4) is 0 Å². The van der Waals surface area contributed by atoms with Crippen molar-refractivity contribution in [2.75, 3.05) is 5.75 Å². The van der Waals surface area contributed by atoms with Crippen molar-refractivity contribution in [1.82, 2.24) is 25.4 Å². The Hall–Kier alpha value is -2.35. The molecular formula is C17H23N5O2S. The first-order valence-electron chi connectivity index (χ1n) is 8.15. The van der Waals surface area contributed by atoms with Gasteiger partial charge in [0.1, 0.15) is 5.82 Å². The van der Waals surface area contributed by atoms with Crippen LogP contribution in [0, 0.1) is 0 Å². The van der Waals surface area contributed by atoms with E-state index in [4.69, 9.17) is 0 Å². The normalized spacial score (nSPS) is 11.8. The highest BCUT2D eigenvalue weighted by Crippen LogP contribution is 2.17. The molecule has 0 spiro atoms. The van der Waals surface area contributed by atoms with Crippen molar-refractivity contribution < 1.29 is 9.59 Å². The zero-order chi connectivity index (χ0) is 18.2. The molecule has 0 fully saturated rings. The van der Waals surface area contributed by atoms with Gasteiger partial charge < -0.3 is 9.88 Å². The van der Waals surface area contributed by atoms with Crippen molar-refractivity contribution >= 4 is 23.7 Å². The Morgan fingerprint density at radius 3 is 2.64 bits per heavy atom. The smallest absolute Gasteiger partial charge is 0.321 e. The molecule has 0 bridgehead atoms. The van der Waals surface area contributed by atoms with Gasteiger partial charge in [0.25, 0.3) is 0 Å². The van der Waals surface area contributed by atoms with Gasteiger partial charge in [0.2, 0.25) is 5.91 Å². The zero-order valence-corrected chi connectivity index (χ0v) is 15.5. The highest BCUT2D eigenvalue weighted by atomic mass is 32.2. The van der Waals surface area contributed by atoms with Gasteiger partial charge in [0, 0.05) is 19.5 Å². The minimum absolute atomic E-state index is 0.0275. The Kier molecular flexibility index (Phi) is 7.00. The van der Waals surface area contributed by atoms with Gasteiger partial charge in [-0.05, 0) is 18.9 Å². The van der Waals surface area contributed by atoms with Crippen LogP contribution in [0.5, 0.6) is 0 Å². The molecule has 2 N–H and O–H groups in total. The summed E-state index contributed by atoms with van der Waals surface area (Å²) in [5, 5.41) is 13.9. The molecule has 2 rings (SSSR count). The van der Waals surface area contributed by atoms with E-state index in [1.807, 2.05) is 55.8 Å². The molecule has 1 aromatic carbocycles. The number of urea groups is 1. The summed E-state index contributed by atoms with van der Waals surface area (Å²) in [5.41, 5.74) is 1.15. The van der Waals surface area contributed by atoms with Crippen LogP contribution in [0.25, 0.3) is 0 Å². The van der Waals surface area contributed by atoms with Crippen LogP contribution in [0.2, 0.25) is 0 Å². The first-order valence-corrected chi connectivity index (χ1v) is 9.13. The molecule has 3 amide bonds. The number of benzene rings is 1. The SMILES string of the molecule is CC[C@H](C)NC(=O)NC(=O)CSc1nnc(Cc2ccccc2)n1C. The molecule has 134 valence electrons. The lowest BCUT2D eigenvalue weighted by Gasteiger charge is -2.11. The molecule has 0 aliphatic carbocycles. The number of hydrogen-bond donors (Lipinski definition) is 2. The average Bonchev–Trinajstić information content (AvgIpc) is 2.93. The van der Waals surface area contributed by atoms with Gasteiger partial charge in [-0.3, -0.25) is 10.1 Å². The van der Waals surface area contributed by atoms with Crippen LogP contribution in [0.4, 0.5) is 4.79 Å². The van der Waals surface area contributed by atoms with E-state index >= 15 is 0 Å². The first kappa shape index (κ1) is 19.0. The van der Waals surface area contributed by atoms with Crippen LogP contribution in [0.15, 0.2) is 35.5 Å². The summed E-state index contributed by atoms with van der Waals surface area (Å²) in [5.74, 6) is 0.563. The van der Waals surface area contributed by atoms with Gasteiger partial charge in [-0.15, -0.1) is 10.2 Å². The van der Waals surface area contributed by atoms with E-state index in [0.29, 0.717) is 11.6 Å². The van der Waals surface area contributed by atoms with Crippen molar-refractivity contribution in [2.45, 2.75) is 37.9 Å². The van der Waals surface area contributed by atoms with Crippen LogP contribution in [0.1, 0.15) is 31.7 Å². The van der Waals surface area contributed by atoms with Gasteiger partial charge >= 0.3 is 6.03 Å². The lowest BCUT2D eigenvalue weighted by atomic mass is 10.1. The summed E-state index contributed by atoms with van der Waals surface area (Å²) in [6.07, 6.45) is 1.48.